The van der Waals surface area contributed by atoms with E-state index >= 15 is 0 Å². The van der Waals surface area contributed by atoms with Crippen LogP contribution in [-0.2, 0) is 32.4 Å². The largest absolute Gasteiger partial charge is 0.481 e. The van der Waals surface area contributed by atoms with Gasteiger partial charge in [-0.05, 0) is 80.2 Å². The number of alkyl halides is 3. The number of anilines is 2. The molecular weight excluding hydrogens is 714 g/mol. The van der Waals surface area contributed by atoms with E-state index in [2.05, 4.69) is 40.1 Å². The molecule has 2 unspecified atom stereocenters. The zero-order valence-electron chi connectivity index (χ0n) is 30.4. The summed E-state index contributed by atoms with van der Waals surface area (Å²) >= 11 is 0. The van der Waals surface area contributed by atoms with E-state index in [9.17, 15) is 36.3 Å². The highest BCUT2D eigenvalue weighted by atomic mass is 19.4. The van der Waals surface area contributed by atoms with Crippen molar-refractivity contribution in [3.8, 4) is 0 Å². The molecule has 7 atom stereocenters. The molecule has 8 rings (SSSR count). The third-order valence-corrected chi connectivity index (χ3v) is 11.9. The second-order valence-corrected chi connectivity index (χ2v) is 15.9. The van der Waals surface area contributed by atoms with Crippen LogP contribution in [0.4, 0.5) is 38.1 Å². The van der Waals surface area contributed by atoms with Crippen LogP contribution in [0.15, 0.2) is 53.5 Å². The van der Waals surface area contributed by atoms with Crippen LogP contribution in [0.1, 0.15) is 83.3 Å². The second kappa shape index (κ2) is 13.4. The molecule has 3 saturated carbocycles. The fraction of sp³-hybridized carbons (Fsp3) is 0.514. The Bertz CT molecular complexity index is 2050. The fourth-order valence-electron chi connectivity index (χ4n) is 8.78. The number of nitrogens with one attached hydrogen (secondary N) is 4. The van der Waals surface area contributed by atoms with Crippen LogP contribution in [0.3, 0.4) is 0 Å². The maximum atomic E-state index is 14.4. The summed E-state index contributed by atoms with van der Waals surface area (Å²) in [5.41, 5.74) is -3.72. The number of fused-ring (bicyclic) bond motifs is 1. The normalized spacial score (nSPS) is 28.4. The summed E-state index contributed by atoms with van der Waals surface area (Å²) < 4.78 is 82.4. The van der Waals surface area contributed by atoms with Gasteiger partial charge in [-0.25, -0.2) is 18.6 Å². The number of benzene rings is 2. The molecule has 2 bridgehead atoms. The van der Waals surface area contributed by atoms with Crippen molar-refractivity contribution >= 4 is 30.4 Å². The first kappa shape index (κ1) is 37.8. The van der Waals surface area contributed by atoms with Crippen LogP contribution in [-0.4, -0.2) is 46.3 Å². The molecule has 54 heavy (non-hydrogen) atoms. The Balaban J connectivity index is 1.15. The Hall–Kier alpha value is -4.51. The molecule has 2 aliphatic heterocycles. The highest BCUT2D eigenvalue weighted by Gasteiger charge is 2.67. The molecule has 3 aromatic rings. The molecule has 4 N–H and O–H groups in total. The second-order valence-electron chi connectivity index (χ2n) is 15.9. The summed E-state index contributed by atoms with van der Waals surface area (Å²) in [6.07, 6.45) is -1.38. The molecule has 0 spiro atoms. The van der Waals surface area contributed by atoms with Crippen molar-refractivity contribution in [2.75, 3.05) is 10.6 Å². The Labute approximate surface area is 308 Å². The molecule has 288 valence electrons. The molecule has 3 aliphatic carbocycles. The Morgan fingerprint density at radius 1 is 1.07 bits per heavy atom. The van der Waals surface area contributed by atoms with E-state index < -0.39 is 76.8 Å². The summed E-state index contributed by atoms with van der Waals surface area (Å²) in [5, 5.41) is 10.8. The number of urea groups is 1. The van der Waals surface area contributed by atoms with Crippen LogP contribution in [0.5, 0.6) is 0 Å². The van der Waals surface area contributed by atoms with Gasteiger partial charge in [0.25, 0.3) is 5.56 Å². The topological polar surface area (TPSA) is 136 Å². The van der Waals surface area contributed by atoms with Gasteiger partial charge in [0.15, 0.2) is 0 Å². The van der Waals surface area contributed by atoms with E-state index in [0.29, 0.717) is 18.3 Å². The summed E-state index contributed by atoms with van der Waals surface area (Å²) in [6, 6.07) is 5.00. The van der Waals surface area contributed by atoms with Crippen molar-refractivity contribution in [2.45, 2.75) is 102 Å². The summed E-state index contributed by atoms with van der Waals surface area (Å²) in [6.45, 7) is 9.78. The monoisotopic (exact) mass is 756 g/mol. The average molecular weight is 757 g/mol. The fourth-order valence-corrected chi connectivity index (χ4v) is 8.78. The van der Waals surface area contributed by atoms with Crippen LogP contribution >= 0.6 is 0 Å². The Morgan fingerprint density at radius 3 is 2.54 bits per heavy atom. The van der Waals surface area contributed by atoms with Gasteiger partial charge in [0.05, 0.1) is 40.6 Å². The van der Waals surface area contributed by atoms with E-state index in [1.807, 2.05) is 13.8 Å². The average Bonchev–Trinajstić information content (AvgIpc) is 3.62. The molecule has 1 saturated heterocycles. The Kier molecular flexibility index (Phi) is 9.35. The van der Waals surface area contributed by atoms with Crippen molar-refractivity contribution in [3.05, 3.63) is 87.6 Å². The molecule has 0 radical (unpaired) electrons. The zero-order valence-corrected chi connectivity index (χ0v) is 30.4. The van der Waals surface area contributed by atoms with Crippen molar-refractivity contribution in [1.29, 1.82) is 0 Å². The first-order chi connectivity index (χ1) is 25.3. The molecule has 3 heterocycles. The quantitative estimate of drug-likeness (QED) is 0.149. The summed E-state index contributed by atoms with van der Waals surface area (Å²) in [5.74, 6) is -2.04. The first-order valence-corrected chi connectivity index (χ1v) is 18.0. The summed E-state index contributed by atoms with van der Waals surface area (Å²) in [7, 11) is -0.753. The van der Waals surface area contributed by atoms with Crippen LogP contribution in [0, 0.1) is 28.9 Å². The van der Waals surface area contributed by atoms with E-state index in [1.165, 1.54) is 25.3 Å². The third-order valence-electron chi connectivity index (χ3n) is 11.9. The van der Waals surface area contributed by atoms with Gasteiger partial charge >= 0.3 is 19.3 Å². The predicted octanol–water partition coefficient (Wildman–Crippen LogP) is 6.30. The lowest BCUT2D eigenvalue weighted by Crippen LogP contribution is -2.63. The van der Waals surface area contributed by atoms with E-state index in [-0.39, 0.29) is 41.6 Å². The number of aromatic nitrogens is 2. The van der Waals surface area contributed by atoms with Crippen molar-refractivity contribution < 1.29 is 40.8 Å². The Morgan fingerprint density at radius 2 is 1.83 bits per heavy atom. The van der Waals surface area contributed by atoms with Gasteiger partial charge in [-0.2, -0.15) is 13.2 Å². The van der Waals surface area contributed by atoms with Crippen molar-refractivity contribution in [2.24, 2.45) is 17.3 Å². The smallest absolute Gasteiger partial charge is 0.404 e. The highest BCUT2D eigenvalue weighted by molar-refractivity contribution is 6.47. The van der Waals surface area contributed by atoms with E-state index in [0.717, 1.165) is 47.7 Å². The molecule has 2 aromatic carbocycles. The number of nitrogens with zero attached hydrogens (tertiary/aromatic N) is 2. The number of rotatable bonds is 9. The van der Waals surface area contributed by atoms with Crippen LogP contribution < -0.4 is 26.8 Å². The van der Waals surface area contributed by atoms with E-state index in [4.69, 9.17) is 9.31 Å². The van der Waals surface area contributed by atoms with Gasteiger partial charge in [0.2, 0.25) is 5.91 Å². The standard InChI is InChI=1S/C37H42BF5N6O5/c1-6-28(38-53-29-23-13-21(34(23,2)3)15-36(29,5)54-38)47-30(50)27-16-35(4,48-33(52)46-25-14-22(39)10-11-24(25)40)32-45-18-26(31(51)49(27)32)44-17-19-8-7-9-20(12-19)37(41,42)43/h7-12,14,18,21,23,27-29,44H,6,13,15-17H2,1-5H3,(H,47,50)(H2,46,48,52)/t21?,23?,27-,28-,29+,35+,36-/m0/s1. The maximum Gasteiger partial charge on any atom is 0.481 e. The van der Waals surface area contributed by atoms with Crippen molar-refractivity contribution in [1.82, 2.24) is 20.2 Å². The zero-order chi connectivity index (χ0) is 39.0. The van der Waals surface area contributed by atoms with E-state index in [1.54, 1.807) is 0 Å². The van der Waals surface area contributed by atoms with Crippen LogP contribution in [0.25, 0.3) is 0 Å². The lowest BCUT2D eigenvalue weighted by molar-refractivity contribution is -0.185. The van der Waals surface area contributed by atoms with Gasteiger partial charge in [-0.3, -0.25) is 14.2 Å². The van der Waals surface area contributed by atoms with Gasteiger partial charge in [0, 0.05) is 19.0 Å². The minimum Gasteiger partial charge on any atom is -0.404 e. The van der Waals surface area contributed by atoms with Gasteiger partial charge in [-0.1, -0.05) is 32.9 Å². The first-order valence-electron chi connectivity index (χ1n) is 18.0. The molecule has 3 amide bonds. The molecule has 11 nitrogen and oxygen atoms in total. The third kappa shape index (κ3) is 6.62. The minimum absolute atomic E-state index is 0.00548. The predicted molar refractivity (Wildman–Crippen MR) is 189 cm³/mol. The minimum atomic E-state index is -4.56. The lowest BCUT2D eigenvalue weighted by atomic mass is 9.45. The number of carbonyl (C=O) groups is 2. The number of halogens is 5. The summed E-state index contributed by atoms with van der Waals surface area (Å²) in [4.78, 5) is 46.0. The SMILES string of the molecule is CC[C@H](NC(=O)[C@@H]1C[C@@](C)(NC(=O)Nc2cc(F)ccc2F)c2ncc(NCc3cccc(C(F)(F)F)c3)c(=O)n21)B1O[C@@H]2C3CC(C[C@]2(C)O1)C3(C)C. The van der Waals surface area contributed by atoms with Crippen molar-refractivity contribution in [3.63, 3.8) is 0 Å². The number of amides is 3. The number of hydrogen-bond donors (Lipinski definition) is 4. The number of hydrogen-bond acceptors (Lipinski definition) is 7. The molecule has 4 fully saturated rings. The lowest BCUT2D eigenvalue weighted by Gasteiger charge is -2.63. The van der Waals surface area contributed by atoms with Gasteiger partial charge < -0.3 is 30.6 Å². The molecule has 17 heteroatoms. The van der Waals surface area contributed by atoms with Crippen LogP contribution in [0.2, 0.25) is 0 Å². The van der Waals surface area contributed by atoms with Gasteiger partial charge in [0.1, 0.15) is 29.2 Å². The van der Waals surface area contributed by atoms with Gasteiger partial charge in [-0.15, -0.1) is 0 Å². The molecule has 1 aromatic heterocycles. The highest BCUT2D eigenvalue weighted by Crippen LogP contribution is 2.64. The molecular formula is C37H42BF5N6O5. The number of carbonyl (C=O) groups excluding carboxylic acids is 2. The molecule has 5 aliphatic rings. The maximum absolute atomic E-state index is 14.4.